The van der Waals surface area contributed by atoms with Crippen LogP contribution < -0.4 is 5.32 Å². The molecule has 3 aromatic rings. The molecule has 0 unspecified atom stereocenters. The molecule has 1 heterocycles. The van der Waals surface area contributed by atoms with Gasteiger partial charge in [-0.2, -0.15) is 5.10 Å². The zero-order valence-corrected chi connectivity index (χ0v) is 16.4. The predicted octanol–water partition coefficient (Wildman–Crippen LogP) is 4.98. The molecule has 0 saturated carbocycles. The van der Waals surface area contributed by atoms with E-state index in [1.54, 1.807) is 0 Å². The third kappa shape index (κ3) is 4.32. The molecule has 0 saturated heterocycles. The average molecular weight is 416 g/mol. The minimum Gasteiger partial charge on any atom is -0.322 e. The molecule has 0 bridgehead atoms. The lowest BCUT2D eigenvalue weighted by atomic mass is 10.3. The highest BCUT2D eigenvalue weighted by molar-refractivity contribution is 9.10. The van der Waals surface area contributed by atoms with Crippen LogP contribution in [0.5, 0.6) is 0 Å². The summed E-state index contributed by atoms with van der Waals surface area (Å²) in [7, 11) is 0. The lowest BCUT2D eigenvalue weighted by molar-refractivity contribution is -0.113. The third-order valence-electron chi connectivity index (χ3n) is 3.74. The Hall–Kier alpha value is -2.05. The molecule has 0 atom stereocenters. The zero-order valence-electron chi connectivity index (χ0n) is 14.0. The molecule has 3 rings (SSSR count). The van der Waals surface area contributed by atoms with Crippen molar-refractivity contribution in [3.05, 3.63) is 70.5 Å². The first-order valence-corrected chi connectivity index (χ1v) is 9.62. The van der Waals surface area contributed by atoms with Crippen molar-refractivity contribution in [1.82, 2.24) is 9.78 Å². The standard InChI is InChI=1S/C19H18BrN3OS/c1-13-19(14(2)23(22-13)16-6-4-3-5-7-16)21-18(24)12-25-17-10-8-15(20)9-11-17/h3-11H,12H2,1-2H3,(H,21,24). The first-order chi connectivity index (χ1) is 12.0. The number of benzene rings is 2. The fraction of sp³-hybridized carbons (Fsp3) is 0.158. The van der Waals surface area contributed by atoms with Gasteiger partial charge >= 0.3 is 0 Å². The van der Waals surface area contributed by atoms with Crippen LogP contribution in [0.1, 0.15) is 11.4 Å². The second-order valence-electron chi connectivity index (χ2n) is 5.58. The Bertz CT molecular complexity index is 876. The smallest absolute Gasteiger partial charge is 0.234 e. The van der Waals surface area contributed by atoms with Crippen LogP contribution in [0, 0.1) is 13.8 Å². The van der Waals surface area contributed by atoms with E-state index < -0.39 is 0 Å². The van der Waals surface area contributed by atoms with Crippen LogP contribution in [-0.2, 0) is 4.79 Å². The molecule has 0 aliphatic rings. The monoisotopic (exact) mass is 415 g/mol. The number of para-hydroxylation sites is 1. The van der Waals surface area contributed by atoms with Gasteiger partial charge in [0.2, 0.25) is 5.91 Å². The summed E-state index contributed by atoms with van der Waals surface area (Å²) >= 11 is 4.92. The third-order valence-corrected chi connectivity index (χ3v) is 5.28. The highest BCUT2D eigenvalue weighted by Gasteiger charge is 2.15. The topological polar surface area (TPSA) is 46.9 Å². The van der Waals surface area contributed by atoms with E-state index in [9.17, 15) is 4.79 Å². The Morgan fingerprint density at radius 3 is 2.48 bits per heavy atom. The van der Waals surface area contributed by atoms with Crippen LogP contribution in [0.4, 0.5) is 5.69 Å². The van der Waals surface area contributed by atoms with Crippen LogP contribution in [0.25, 0.3) is 5.69 Å². The summed E-state index contributed by atoms with van der Waals surface area (Å²) < 4.78 is 2.88. The van der Waals surface area contributed by atoms with Gasteiger partial charge in [-0.3, -0.25) is 4.79 Å². The molecule has 25 heavy (non-hydrogen) atoms. The van der Waals surface area contributed by atoms with Gasteiger partial charge in [0.25, 0.3) is 0 Å². The lowest BCUT2D eigenvalue weighted by Gasteiger charge is -2.07. The summed E-state index contributed by atoms with van der Waals surface area (Å²) in [5.41, 5.74) is 3.49. The zero-order chi connectivity index (χ0) is 17.8. The van der Waals surface area contributed by atoms with E-state index in [-0.39, 0.29) is 5.91 Å². The molecule has 4 nitrogen and oxygen atoms in total. The highest BCUT2D eigenvalue weighted by Crippen LogP contribution is 2.24. The Balaban J connectivity index is 1.69. The molecule has 0 aliphatic heterocycles. The number of anilines is 1. The van der Waals surface area contributed by atoms with Crippen molar-refractivity contribution >= 4 is 39.3 Å². The number of carbonyl (C=O) groups is 1. The second-order valence-corrected chi connectivity index (χ2v) is 7.55. The summed E-state index contributed by atoms with van der Waals surface area (Å²) in [6.07, 6.45) is 0. The van der Waals surface area contributed by atoms with Gasteiger partial charge in [-0.15, -0.1) is 11.8 Å². The number of carbonyl (C=O) groups excluding carboxylic acids is 1. The molecule has 6 heteroatoms. The number of thioether (sulfide) groups is 1. The highest BCUT2D eigenvalue weighted by atomic mass is 79.9. The van der Waals surface area contributed by atoms with Crippen molar-refractivity contribution in [1.29, 1.82) is 0 Å². The normalized spacial score (nSPS) is 10.7. The van der Waals surface area contributed by atoms with Crippen molar-refractivity contribution in [3.63, 3.8) is 0 Å². The number of amides is 1. The fourth-order valence-corrected chi connectivity index (χ4v) is 3.46. The Kier molecular flexibility index (Phi) is 5.60. The van der Waals surface area contributed by atoms with Crippen LogP contribution in [0.15, 0.2) is 64.0 Å². The molecular weight excluding hydrogens is 398 g/mol. The SMILES string of the molecule is Cc1nn(-c2ccccc2)c(C)c1NC(=O)CSc1ccc(Br)cc1. The molecule has 0 aliphatic carbocycles. The van der Waals surface area contributed by atoms with Gasteiger partial charge in [0, 0.05) is 9.37 Å². The van der Waals surface area contributed by atoms with E-state index in [1.165, 1.54) is 11.8 Å². The maximum atomic E-state index is 12.3. The summed E-state index contributed by atoms with van der Waals surface area (Å²) in [5, 5.41) is 7.55. The van der Waals surface area contributed by atoms with Gasteiger partial charge in [-0.05, 0) is 50.2 Å². The summed E-state index contributed by atoms with van der Waals surface area (Å²) in [4.78, 5) is 13.4. The number of rotatable bonds is 5. The van der Waals surface area contributed by atoms with Crippen molar-refractivity contribution in [2.45, 2.75) is 18.7 Å². The van der Waals surface area contributed by atoms with E-state index in [0.29, 0.717) is 5.75 Å². The summed E-state index contributed by atoms with van der Waals surface area (Å²) in [6, 6.07) is 17.8. The van der Waals surface area contributed by atoms with E-state index in [0.717, 1.165) is 32.1 Å². The number of hydrogen-bond donors (Lipinski definition) is 1. The second kappa shape index (κ2) is 7.89. The Morgan fingerprint density at radius 2 is 1.80 bits per heavy atom. The number of halogens is 1. The van der Waals surface area contributed by atoms with Crippen molar-refractivity contribution < 1.29 is 4.79 Å². The molecule has 0 spiro atoms. The van der Waals surface area contributed by atoms with Gasteiger partial charge in [0.15, 0.2) is 0 Å². The molecule has 2 aromatic carbocycles. The number of nitrogens with one attached hydrogen (secondary N) is 1. The molecule has 128 valence electrons. The summed E-state index contributed by atoms with van der Waals surface area (Å²) in [5.74, 6) is 0.323. The predicted molar refractivity (Wildman–Crippen MR) is 107 cm³/mol. The molecule has 0 fully saturated rings. The number of nitrogens with zero attached hydrogens (tertiary/aromatic N) is 2. The average Bonchev–Trinajstić information content (AvgIpc) is 2.90. The Morgan fingerprint density at radius 1 is 1.12 bits per heavy atom. The molecule has 1 aromatic heterocycles. The van der Waals surface area contributed by atoms with Crippen LogP contribution in [0.3, 0.4) is 0 Å². The maximum absolute atomic E-state index is 12.3. The minimum atomic E-state index is -0.0354. The fourth-order valence-electron chi connectivity index (χ4n) is 2.50. The molecule has 0 radical (unpaired) electrons. The van der Waals surface area contributed by atoms with Crippen molar-refractivity contribution in [2.75, 3.05) is 11.1 Å². The van der Waals surface area contributed by atoms with E-state index in [4.69, 9.17) is 0 Å². The number of aryl methyl sites for hydroxylation is 1. The Labute approximate surface area is 159 Å². The lowest BCUT2D eigenvalue weighted by Crippen LogP contribution is -2.15. The van der Waals surface area contributed by atoms with E-state index in [1.807, 2.05) is 73.1 Å². The van der Waals surface area contributed by atoms with Crippen molar-refractivity contribution in [2.24, 2.45) is 0 Å². The van der Waals surface area contributed by atoms with Gasteiger partial charge in [0.05, 0.1) is 28.5 Å². The molecular formula is C19H18BrN3OS. The minimum absolute atomic E-state index is 0.0354. The number of aromatic nitrogens is 2. The number of hydrogen-bond acceptors (Lipinski definition) is 3. The largest absolute Gasteiger partial charge is 0.322 e. The van der Waals surface area contributed by atoms with Crippen LogP contribution in [-0.4, -0.2) is 21.4 Å². The maximum Gasteiger partial charge on any atom is 0.234 e. The van der Waals surface area contributed by atoms with Crippen molar-refractivity contribution in [3.8, 4) is 5.69 Å². The van der Waals surface area contributed by atoms with Gasteiger partial charge in [-0.25, -0.2) is 4.68 Å². The van der Waals surface area contributed by atoms with E-state index in [2.05, 4.69) is 26.3 Å². The quantitative estimate of drug-likeness (QED) is 0.597. The van der Waals surface area contributed by atoms with Crippen LogP contribution >= 0.6 is 27.7 Å². The first kappa shape index (κ1) is 17.8. The summed E-state index contributed by atoms with van der Waals surface area (Å²) in [6.45, 7) is 3.87. The van der Waals surface area contributed by atoms with Gasteiger partial charge in [0.1, 0.15) is 0 Å². The van der Waals surface area contributed by atoms with Gasteiger partial charge in [-0.1, -0.05) is 34.1 Å². The van der Waals surface area contributed by atoms with Crippen LogP contribution in [0.2, 0.25) is 0 Å². The van der Waals surface area contributed by atoms with Gasteiger partial charge < -0.3 is 5.32 Å². The molecule has 1 N–H and O–H groups in total. The van der Waals surface area contributed by atoms with E-state index >= 15 is 0 Å². The molecule has 1 amide bonds. The first-order valence-electron chi connectivity index (χ1n) is 7.84.